The van der Waals surface area contributed by atoms with Crippen molar-refractivity contribution in [2.45, 2.75) is 18.9 Å². The second-order valence-corrected chi connectivity index (χ2v) is 4.61. The molecule has 5 heteroatoms. The Balaban J connectivity index is 2.20. The average molecular weight is 265 g/mol. The molecule has 0 radical (unpaired) electrons. The lowest BCUT2D eigenvalue weighted by Gasteiger charge is -2.22. The van der Waals surface area contributed by atoms with E-state index in [9.17, 15) is 9.90 Å². The molecule has 1 amide bonds. The molecule has 0 heterocycles. The van der Waals surface area contributed by atoms with Gasteiger partial charge < -0.3 is 19.5 Å². The van der Waals surface area contributed by atoms with Gasteiger partial charge >= 0.3 is 0 Å². The van der Waals surface area contributed by atoms with Crippen molar-refractivity contribution in [2.24, 2.45) is 0 Å². The van der Waals surface area contributed by atoms with E-state index in [1.54, 1.807) is 24.1 Å². The number of aromatic hydroxyl groups is 1. The third-order valence-electron chi connectivity index (χ3n) is 3.22. The number of benzene rings is 1. The van der Waals surface area contributed by atoms with Crippen LogP contribution in [0.2, 0.25) is 0 Å². The lowest BCUT2D eigenvalue weighted by molar-refractivity contribution is 0.0677. The molecule has 1 aromatic rings. The van der Waals surface area contributed by atoms with Crippen LogP contribution in [0, 0.1) is 0 Å². The summed E-state index contributed by atoms with van der Waals surface area (Å²) in [4.78, 5) is 14.2. The zero-order valence-electron chi connectivity index (χ0n) is 11.3. The number of phenolic OH excluding ortho intramolecular Hbond substituents is 1. The maximum Gasteiger partial charge on any atom is 0.258 e. The number of hydrogen-bond acceptors (Lipinski definition) is 4. The van der Waals surface area contributed by atoms with E-state index in [0.717, 1.165) is 12.8 Å². The molecule has 1 aliphatic carbocycles. The number of hydrogen-bond donors (Lipinski definition) is 1. The summed E-state index contributed by atoms with van der Waals surface area (Å²) in [6.45, 7) is 1.03. The smallest absolute Gasteiger partial charge is 0.258 e. The summed E-state index contributed by atoms with van der Waals surface area (Å²) in [6, 6.07) is 4.95. The molecule has 5 nitrogen and oxygen atoms in total. The van der Waals surface area contributed by atoms with E-state index in [0.29, 0.717) is 18.9 Å². The van der Waals surface area contributed by atoms with Crippen LogP contribution in [0.5, 0.6) is 11.5 Å². The van der Waals surface area contributed by atoms with Gasteiger partial charge in [-0.2, -0.15) is 0 Å². The fraction of sp³-hybridized carbons (Fsp3) is 0.500. The van der Waals surface area contributed by atoms with Crippen LogP contribution in [0.15, 0.2) is 18.2 Å². The van der Waals surface area contributed by atoms with Crippen molar-refractivity contribution >= 4 is 5.91 Å². The summed E-state index contributed by atoms with van der Waals surface area (Å²) in [6.07, 6.45) is 2.03. The van der Waals surface area contributed by atoms with Crippen molar-refractivity contribution in [1.82, 2.24) is 4.90 Å². The number of ether oxygens (including phenoxy) is 2. The first kappa shape index (κ1) is 13.7. The molecule has 2 rings (SSSR count). The summed E-state index contributed by atoms with van der Waals surface area (Å²) in [5.41, 5.74) is 0.280. The lowest BCUT2D eigenvalue weighted by atomic mass is 10.1. The Morgan fingerprint density at radius 2 is 2.16 bits per heavy atom. The number of nitrogens with zero attached hydrogens (tertiary/aromatic N) is 1. The van der Waals surface area contributed by atoms with Crippen molar-refractivity contribution < 1.29 is 19.4 Å². The second-order valence-electron chi connectivity index (χ2n) is 4.61. The van der Waals surface area contributed by atoms with Crippen LogP contribution >= 0.6 is 0 Å². The summed E-state index contributed by atoms with van der Waals surface area (Å²) in [5, 5.41) is 9.84. The Bertz CT molecular complexity index is 457. The largest absolute Gasteiger partial charge is 0.507 e. The van der Waals surface area contributed by atoms with Crippen LogP contribution in [0.4, 0.5) is 0 Å². The van der Waals surface area contributed by atoms with Crippen LogP contribution in [-0.4, -0.2) is 49.3 Å². The van der Waals surface area contributed by atoms with E-state index in [1.807, 2.05) is 0 Å². The Hall–Kier alpha value is -1.75. The molecule has 104 valence electrons. The predicted molar refractivity (Wildman–Crippen MR) is 70.6 cm³/mol. The zero-order valence-corrected chi connectivity index (χ0v) is 11.3. The molecule has 0 unspecified atom stereocenters. The highest BCUT2D eigenvalue weighted by molar-refractivity contribution is 5.97. The maximum atomic E-state index is 12.5. The molecule has 0 aliphatic heterocycles. The Labute approximate surface area is 112 Å². The van der Waals surface area contributed by atoms with Crippen molar-refractivity contribution in [3.8, 4) is 11.5 Å². The van der Waals surface area contributed by atoms with Gasteiger partial charge in [0.05, 0.1) is 19.3 Å². The predicted octanol–water partition coefficient (Wildman–Crippen LogP) is 1.65. The van der Waals surface area contributed by atoms with E-state index in [1.165, 1.54) is 13.2 Å². The lowest BCUT2D eigenvalue weighted by Crippen LogP contribution is -2.35. The topological polar surface area (TPSA) is 59.0 Å². The van der Waals surface area contributed by atoms with Gasteiger partial charge in [-0.15, -0.1) is 0 Å². The number of amides is 1. The first-order valence-corrected chi connectivity index (χ1v) is 6.34. The molecule has 0 spiro atoms. The summed E-state index contributed by atoms with van der Waals surface area (Å²) < 4.78 is 10.1. The minimum atomic E-state index is -0.170. The van der Waals surface area contributed by atoms with Crippen LogP contribution in [0.1, 0.15) is 23.2 Å². The molecule has 19 heavy (non-hydrogen) atoms. The SMILES string of the molecule is COCCN(C(=O)c1cc(OC)ccc1O)C1CC1. The highest BCUT2D eigenvalue weighted by atomic mass is 16.5. The van der Waals surface area contributed by atoms with Gasteiger partial charge in [0.1, 0.15) is 11.5 Å². The van der Waals surface area contributed by atoms with Gasteiger partial charge in [0.15, 0.2) is 0 Å². The minimum absolute atomic E-state index is 0.0196. The summed E-state index contributed by atoms with van der Waals surface area (Å²) in [7, 11) is 3.14. The van der Waals surface area contributed by atoms with E-state index in [4.69, 9.17) is 9.47 Å². The Morgan fingerprint density at radius 1 is 1.42 bits per heavy atom. The highest BCUT2D eigenvalue weighted by Crippen LogP contribution is 2.31. The molecule has 1 N–H and O–H groups in total. The summed E-state index contributed by atoms with van der Waals surface area (Å²) >= 11 is 0. The third-order valence-corrected chi connectivity index (χ3v) is 3.22. The fourth-order valence-corrected chi connectivity index (χ4v) is 1.99. The molecule has 0 atom stereocenters. The molecule has 0 aromatic heterocycles. The van der Waals surface area contributed by atoms with Gasteiger partial charge in [-0.1, -0.05) is 0 Å². The molecule has 1 saturated carbocycles. The number of carbonyl (C=O) groups is 1. The standard InChI is InChI=1S/C14H19NO4/c1-18-8-7-15(10-3-4-10)14(17)12-9-11(19-2)5-6-13(12)16/h5-6,9-10,16H,3-4,7-8H2,1-2H3. The van der Waals surface area contributed by atoms with Gasteiger partial charge in [-0.3, -0.25) is 4.79 Å². The molecule has 1 aliphatic rings. The molecule has 1 aromatic carbocycles. The maximum absolute atomic E-state index is 12.5. The number of carbonyl (C=O) groups excluding carboxylic acids is 1. The normalized spacial score (nSPS) is 14.2. The second kappa shape index (κ2) is 5.93. The van der Waals surface area contributed by atoms with Gasteiger partial charge in [0.25, 0.3) is 5.91 Å². The first-order chi connectivity index (χ1) is 9.17. The average Bonchev–Trinajstić information content (AvgIpc) is 3.24. The van der Waals surface area contributed by atoms with Crippen LogP contribution in [-0.2, 0) is 4.74 Å². The van der Waals surface area contributed by atoms with E-state index < -0.39 is 0 Å². The molecular formula is C14H19NO4. The quantitative estimate of drug-likeness (QED) is 0.849. The van der Waals surface area contributed by atoms with Gasteiger partial charge in [0, 0.05) is 19.7 Å². The zero-order chi connectivity index (χ0) is 13.8. The molecule has 0 saturated heterocycles. The van der Waals surface area contributed by atoms with Crippen LogP contribution < -0.4 is 4.74 Å². The molecule has 0 bridgehead atoms. The van der Waals surface area contributed by atoms with Gasteiger partial charge in [0.2, 0.25) is 0 Å². The van der Waals surface area contributed by atoms with Crippen molar-refractivity contribution in [3.63, 3.8) is 0 Å². The van der Waals surface area contributed by atoms with Crippen LogP contribution in [0.3, 0.4) is 0 Å². The minimum Gasteiger partial charge on any atom is -0.507 e. The first-order valence-electron chi connectivity index (χ1n) is 6.34. The fourth-order valence-electron chi connectivity index (χ4n) is 1.99. The number of rotatable bonds is 6. The van der Waals surface area contributed by atoms with Crippen LogP contribution in [0.25, 0.3) is 0 Å². The number of phenols is 1. The molecule has 1 fully saturated rings. The number of methoxy groups -OCH3 is 2. The van der Waals surface area contributed by atoms with E-state index in [2.05, 4.69) is 0 Å². The van der Waals surface area contributed by atoms with Crippen molar-refractivity contribution in [2.75, 3.05) is 27.4 Å². The summed E-state index contributed by atoms with van der Waals surface area (Å²) in [5.74, 6) is 0.369. The van der Waals surface area contributed by atoms with Crippen molar-refractivity contribution in [1.29, 1.82) is 0 Å². The Kier molecular flexibility index (Phi) is 4.27. The molecular weight excluding hydrogens is 246 g/mol. The van der Waals surface area contributed by atoms with Gasteiger partial charge in [-0.05, 0) is 31.0 Å². The van der Waals surface area contributed by atoms with Gasteiger partial charge in [-0.25, -0.2) is 0 Å². The third kappa shape index (κ3) is 3.17. The van der Waals surface area contributed by atoms with E-state index >= 15 is 0 Å². The monoisotopic (exact) mass is 265 g/mol. The Morgan fingerprint density at radius 3 is 2.74 bits per heavy atom. The van der Waals surface area contributed by atoms with Crippen molar-refractivity contribution in [3.05, 3.63) is 23.8 Å². The highest BCUT2D eigenvalue weighted by Gasteiger charge is 2.33. The van der Waals surface area contributed by atoms with E-state index in [-0.39, 0.29) is 23.3 Å².